The summed E-state index contributed by atoms with van der Waals surface area (Å²) in [6, 6.07) is 7.81. The Bertz CT molecular complexity index is 832. The topological polar surface area (TPSA) is 76.6 Å². The molecule has 2 aromatic rings. The lowest BCUT2D eigenvalue weighted by Crippen LogP contribution is -2.35. The molecule has 0 bridgehead atoms. The number of carbonyl (C=O) groups is 1. The predicted molar refractivity (Wildman–Crippen MR) is 119 cm³/mol. The summed E-state index contributed by atoms with van der Waals surface area (Å²) in [4.78, 5) is 23.5. The van der Waals surface area contributed by atoms with Crippen LogP contribution in [0.3, 0.4) is 0 Å². The molecule has 2 aliphatic rings. The second kappa shape index (κ2) is 11.2. The lowest BCUT2D eigenvalue weighted by Gasteiger charge is -2.22. The maximum Gasteiger partial charge on any atom is 0.258 e. The molecule has 0 unspecified atom stereocenters. The quantitative estimate of drug-likeness (QED) is 0.701. The minimum atomic E-state index is -0.119. The number of hydrogen-bond acceptors (Lipinski definition) is 6. The Morgan fingerprint density at radius 1 is 1.13 bits per heavy atom. The van der Waals surface area contributed by atoms with Gasteiger partial charge in [-0.25, -0.2) is 9.97 Å². The van der Waals surface area contributed by atoms with Gasteiger partial charge in [0.1, 0.15) is 5.75 Å². The van der Waals surface area contributed by atoms with Crippen LogP contribution in [0.15, 0.2) is 36.7 Å². The molecule has 1 aromatic heterocycles. The molecule has 166 valence electrons. The SMILES string of the molecule is O=C(COc1ccc(-c2ncccn2)cc1CN1CCCCCC1)NC[C@H]1CCCO1. The van der Waals surface area contributed by atoms with Crippen LogP contribution in [0.2, 0.25) is 0 Å². The Kier molecular flexibility index (Phi) is 7.85. The zero-order valence-electron chi connectivity index (χ0n) is 18.1. The third-order valence-corrected chi connectivity index (χ3v) is 5.89. The maximum absolute atomic E-state index is 12.3. The number of likely N-dealkylation sites (tertiary alicyclic amines) is 1. The molecule has 1 N–H and O–H groups in total. The average molecular weight is 425 g/mol. The van der Waals surface area contributed by atoms with Gasteiger partial charge in [-0.3, -0.25) is 9.69 Å². The highest BCUT2D eigenvalue weighted by Gasteiger charge is 2.18. The molecule has 31 heavy (non-hydrogen) atoms. The molecular formula is C24H32N4O3. The van der Waals surface area contributed by atoms with E-state index in [1.54, 1.807) is 12.4 Å². The van der Waals surface area contributed by atoms with Gasteiger partial charge in [-0.15, -0.1) is 0 Å². The Labute approximate surface area is 184 Å². The molecular weight excluding hydrogens is 392 g/mol. The van der Waals surface area contributed by atoms with Crippen LogP contribution in [0.25, 0.3) is 11.4 Å². The van der Waals surface area contributed by atoms with Crippen molar-refractivity contribution in [3.8, 4) is 17.1 Å². The van der Waals surface area contributed by atoms with Gasteiger partial charge < -0.3 is 14.8 Å². The number of rotatable bonds is 8. The maximum atomic E-state index is 12.3. The van der Waals surface area contributed by atoms with Crippen molar-refractivity contribution in [2.75, 3.05) is 32.8 Å². The van der Waals surface area contributed by atoms with Crippen LogP contribution >= 0.6 is 0 Å². The highest BCUT2D eigenvalue weighted by atomic mass is 16.5. The van der Waals surface area contributed by atoms with Crippen molar-refractivity contribution in [1.29, 1.82) is 0 Å². The van der Waals surface area contributed by atoms with E-state index in [4.69, 9.17) is 9.47 Å². The van der Waals surface area contributed by atoms with E-state index in [0.29, 0.717) is 12.4 Å². The monoisotopic (exact) mass is 424 g/mol. The van der Waals surface area contributed by atoms with Crippen molar-refractivity contribution in [2.45, 2.75) is 51.2 Å². The number of hydrogen-bond donors (Lipinski definition) is 1. The first-order valence-electron chi connectivity index (χ1n) is 11.4. The first-order valence-corrected chi connectivity index (χ1v) is 11.4. The molecule has 2 saturated heterocycles. The van der Waals surface area contributed by atoms with Gasteiger partial charge in [-0.2, -0.15) is 0 Å². The van der Waals surface area contributed by atoms with Crippen molar-refractivity contribution in [3.63, 3.8) is 0 Å². The number of benzene rings is 1. The minimum absolute atomic E-state index is 0.000896. The number of aromatic nitrogens is 2. The summed E-state index contributed by atoms with van der Waals surface area (Å²) in [6.45, 7) is 4.32. The van der Waals surface area contributed by atoms with Gasteiger partial charge in [0.2, 0.25) is 0 Å². The molecule has 4 rings (SSSR count). The average Bonchev–Trinajstić information content (AvgIpc) is 3.20. The van der Waals surface area contributed by atoms with Crippen LogP contribution in [0.4, 0.5) is 0 Å². The summed E-state index contributed by atoms with van der Waals surface area (Å²) >= 11 is 0. The first-order chi connectivity index (χ1) is 15.3. The number of carbonyl (C=O) groups excluding carboxylic acids is 1. The van der Waals surface area contributed by atoms with Crippen LogP contribution in [0.1, 0.15) is 44.1 Å². The smallest absolute Gasteiger partial charge is 0.258 e. The molecule has 0 spiro atoms. The largest absolute Gasteiger partial charge is 0.483 e. The van der Waals surface area contributed by atoms with Crippen LogP contribution in [-0.2, 0) is 16.1 Å². The Morgan fingerprint density at radius 3 is 2.68 bits per heavy atom. The van der Waals surface area contributed by atoms with E-state index in [0.717, 1.165) is 56.0 Å². The highest BCUT2D eigenvalue weighted by Crippen LogP contribution is 2.27. The molecule has 7 nitrogen and oxygen atoms in total. The normalized spacial score (nSPS) is 19.7. The van der Waals surface area contributed by atoms with E-state index >= 15 is 0 Å². The molecule has 0 saturated carbocycles. The summed E-state index contributed by atoms with van der Waals surface area (Å²) in [5.74, 6) is 1.32. The third kappa shape index (κ3) is 6.48. The fourth-order valence-corrected chi connectivity index (χ4v) is 4.19. The van der Waals surface area contributed by atoms with E-state index in [-0.39, 0.29) is 18.6 Å². The lowest BCUT2D eigenvalue weighted by atomic mass is 10.1. The van der Waals surface area contributed by atoms with Crippen molar-refractivity contribution >= 4 is 5.91 Å². The zero-order chi connectivity index (χ0) is 21.3. The molecule has 7 heteroatoms. The second-order valence-electron chi connectivity index (χ2n) is 8.31. The second-order valence-corrected chi connectivity index (χ2v) is 8.31. The van der Waals surface area contributed by atoms with Gasteiger partial charge in [0.05, 0.1) is 6.10 Å². The standard InChI is InChI=1S/C24H32N4O3/c29-23(27-16-21-7-5-14-30-21)18-31-22-9-8-19(24-25-10-6-11-26-24)15-20(22)17-28-12-3-1-2-4-13-28/h6,8-11,15,21H,1-5,7,12-14,16-18H2,(H,27,29)/t21-/m1/s1. The molecule has 2 aliphatic heterocycles. The van der Waals surface area contributed by atoms with Crippen molar-refractivity contribution in [3.05, 3.63) is 42.2 Å². The molecule has 3 heterocycles. The highest BCUT2D eigenvalue weighted by molar-refractivity contribution is 5.77. The fraction of sp³-hybridized carbons (Fsp3) is 0.542. The first kappa shape index (κ1) is 21.7. The molecule has 2 fully saturated rings. The van der Waals surface area contributed by atoms with Gasteiger partial charge >= 0.3 is 0 Å². The van der Waals surface area contributed by atoms with Crippen molar-refractivity contribution in [2.24, 2.45) is 0 Å². The van der Waals surface area contributed by atoms with E-state index < -0.39 is 0 Å². The van der Waals surface area contributed by atoms with E-state index in [9.17, 15) is 4.79 Å². The lowest BCUT2D eigenvalue weighted by molar-refractivity contribution is -0.123. The molecule has 1 amide bonds. The number of nitrogens with one attached hydrogen (secondary N) is 1. The van der Waals surface area contributed by atoms with Crippen LogP contribution < -0.4 is 10.1 Å². The Hall–Kier alpha value is -2.51. The summed E-state index contributed by atoms with van der Waals surface area (Å²) < 4.78 is 11.5. The molecule has 0 aliphatic carbocycles. The molecule has 1 aromatic carbocycles. The molecule has 0 radical (unpaired) electrons. The Morgan fingerprint density at radius 2 is 1.94 bits per heavy atom. The van der Waals surface area contributed by atoms with Crippen LogP contribution in [0.5, 0.6) is 5.75 Å². The summed E-state index contributed by atoms with van der Waals surface area (Å²) in [6.07, 6.45) is 10.7. The van der Waals surface area contributed by atoms with Gasteiger partial charge in [-0.05, 0) is 63.0 Å². The minimum Gasteiger partial charge on any atom is -0.483 e. The summed E-state index contributed by atoms with van der Waals surface area (Å²) in [5.41, 5.74) is 2.03. The number of ether oxygens (including phenoxy) is 2. The number of amides is 1. The van der Waals surface area contributed by atoms with Gasteiger partial charge in [-0.1, -0.05) is 12.8 Å². The van der Waals surface area contributed by atoms with E-state index in [1.165, 1.54) is 25.7 Å². The zero-order valence-corrected chi connectivity index (χ0v) is 18.1. The summed E-state index contributed by atoms with van der Waals surface area (Å²) in [5, 5.41) is 2.92. The van der Waals surface area contributed by atoms with Crippen LogP contribution in [-0.4, -0.2) is 59.7 Å². The van der Waals surface area contributed by atoms with Crippen molar-refractivity contribution in [1.82, 2.24) is 20.2 Å². The van der Waals surface area contributed by atoms with Crippen LogP contribution in [0, 0.1) is 0 Å². The fourth-order valence-electron chi connectivity index (χ4n) is 4.19. The van der Waals surface area contributed by atoms with Gasteiger partial charge in [0, 0.05) is 43.2 Å². The third-order valence-electron chi connectivity index (χ3n) is 5.89. The predicted octanol–water partition coefficient (Wildman–Crippen LogP) is 3.19. The molecule has 1 atom stereocenters. The van der Waals surface area contributed by atoms with Gasteiger partial charge in [0.15, 0.2) is 12.4 Å². The number of nitrogens with zero attached hydrogens (tertiary/aromatic N) is 3. The van der Waals surface area contributed by atoms with E-state index in [1.807, 2.05) is 18.2 Å². The summed E-state index contributed by atoms with van der Waals surface area (Å²) in [7, 11) is 0. The van der Waals surface area contributed by atoms with Gasteiger partial charge in [0.25, 0.3) is 5.91 Å². The van der Waals surface area contributed by atoms with Crippen molar-refractivity contribution < 1.29 is 14.3 Å². The van der Waals surface area contributed by atoms with E-state index in [2.05, 4.69) is 26.3 Å². The Balaban J connectivity index is 1.43.